The normalized spacial score (nSPS) is 16.8. The number of aromatic amines is 1. The number of nitrogens with one attached hydrogen (secondary N) is 1. The van der Waals surface area contributed by atoms with Crippen LogP contribution in [0.4, 0.5) is 0 Å². The van der Waals surface area contributed by atoms with Gasteiger partial charge in [0, 0.05) is 41.6 Å². The van der Waals surface area contributed by atoms with Crippen LogP contribution in [-0.2, 0) is 0 Å². The van der Waals surface area contributed by atoms with Gasteiger partial charge in [-0.05, 0) is 44.8 Å². The summed E-state index contributed by atoms with van der Waals surface area (Å²) in [5.74, 6) is 0. The van der Waals surface area contributed by atoms with E-state index in [0.29, 0.717) is 5.65 Å². The molecule has 0 radical (unpaired) electrons. The standard InChI is InChI=1S/C19H25N5O/c20-9-3-4-10-23-11-7-14(8-12-23)24-13-16-15-5-1-2-6-17(15)21-18(16)22-19(24)25/h1-2,5-6,13-14H,3-4,7-12,20H2,(H,21,22,25). The van der Waals surface area contributed by atoms with Crippen LogP contribution < -0.4 is 11.4 Å². The van der Waals surface area contributed by atoms with Gasteiger partial charge >= 0.3 is 5.69 Å². The van der Waals surface area contributed by atoms with Crippen molar-refractivity contribution in [3.05, 3.63) is 40.9 Å². The molecular formula is C19H25N5O. The molecule has 1 fully saturated rings. The Labute approximate surface area is 146 Å². The van der Waals surface area contributed by atoms with Gasteiger partial charge in [0.05, 0.1) is 0 Å². The van der Waals surface area contributed by atoms with Crippen LogP contribution in [0.1, 0.15) is 31.7 Å². The van der Waals surface area contributed by atoms with E-state index >= 15 is 0 Å². The number of piperidine rings is 1. The molecule has 6 nitrogen and oxygen atoms in total. The van der Waals surface area contributed by atoms with E-state index in [1.165, 1.54) is 0 Å². The van der Waals surface area contributed by atoms with E-state index < -0.39 is 0 Å². The van der Waals surface area contributed by atoms with Crippen molar-refractivity contribution in [1.29, 1.82) is 0 Å². The number of benzene rings is 1. The van der Waals surface area contributed by atoms with Crippen molar-refractivity contribution >= 4 is 21.9 Å². The lowest BCUT2D eigenvalue weighted by Crippen LogP contribution is -2.38. The molecule has 1 aliphatic rings. The van der Waals surface area contributed by atoms with E-state index in [9.17, 15) is 4.79 Å². The van der Waals surface area contributed by atoms with Crippen molar-refractivity contribution < 1.29 is 0 Å². The highest BCUT2D eigenvalue weighted by Gasteiger charge is 2.22. The van der Waals surface area contributed by atoms with Gasteiger partial charge in [-0.15, -0.1) is 0 Å². The van der Waals surface area contributed by atoms with Crippen LogP contribution in [-0.4, -0.2) is 45.6 Å². The summed E-state index contributed by atoms with van der Waals surface area (Å²) in [6.45, 7) is 3.95. The second-order valence-corrected chi connectivity index (χ2v) is 6.93. The number of para-hydroxylation sites is 1. The van der Waals surface area contributed by atoms with E-state index in [0.717, 1.165) is 68.2 Å². The number of hydrogen-bond acceptors (Lipinski definition) is 4. The van der Waals surface area contributed by atoms with Crippen LogP contribution in [0.25, 0.3) is 21.9 Å². The Morgan fingerprint density at radius 1 is 1.16 bits per heavy atom. The Morgan fingerprint density at radius 3 is 2.76 bits per heavy atom. The van der Waals surface area contributed by atoms with Crippen molar-refractivity contribution in [3.8, 4) is 0 Å². The minimum atomic E-state index is -0.152. The Hall–Kier alpha value is -2.18. The van der Waals surface area contributed by atoms with Crippen molar-refractivity contribution in [2.75, 3.05) is 26.2 Å². The molecule has 3 N–H and O–H groups in total. The lowest BCUT2D eigenvalue weighted by atomic mass is 10.0. The maximum absolute atomic E-state index is 12.5. The average Bonchev–Trinajstić information content (AvgIpc) is 2.99. The molecule has 0 unspecified atom stereocenters. The van der Waals surface area contributed by atoms with E-state index in [4.69, 9.17) is 5.73 Å². The number of likely N-dealkylation sites (tertiary alicyclic amines) is 1. The van der Waals surface area contributed by atoms with Crippen molar-refractivity contribution in [2.24, 2.45) is 5.73 Å². The number of nitrogens with zero attached hydrogens (tertiary/aromatic N) is 3. The topological polar surface area (TPSA) is 79.9 Å². The molecule has 0 atom stereocenters. The second-order valence-electron chi connectivity index (χ2n) is 6.93. The predicted molar refractivity (Wildman–Crippen MR) is 101 cm³/mol. The van der Waals surface area contributed by atoms with Gasteiger partial charge in [-0.1, -0.05) is 18.2 Å². The Kier molecular flexibility index (Phi) is 4.55. The maximum atomic E-state index is 12.5. The fraction of sp³-hybridized carbons (Fsp3) is 0.474. The Bertz CT molecular complexity index is 920. The zero-order valence-corrected chi connectivity index (χ0v) is 14.4. The molecule has 132 valence electrons. The predicted octanol–water partition coefficient (Wildman–Crippen LogP) is 2.25. The lowest BCUT2D eigenvalue weighted by molar-refractivity contribution is 0.182. The molecule has 1 saturated heterocycles. The summed E-state index contributed by atoms with van der Waals surface area (Å²) >= 11 is 0. The third kappa shape index (κ3) is 3.19. The number of unbranched alkanes of at least 4 members (excludes halogenated alkanes) is 1. The molecule has 3 aromatic rings. The Morgan fingerprint density at radius 2 is 1.96 bits per heavy atom. The van der Waals surface area contributed by atoms with Crippen LogP contribution in [0.2, 0.25) is 0 Å². The summed E-state index contributed by atoms with van der Waals surface area (Å²) in [5.41, 5.74) is 7.12. The van der Waals surface area contributed by atoms with Gasteiger partial charge in [-0.25, -0.2) is 4.79 Å². The first-order valence-corrected chi connectivity index (χ1v) is 9.18. The van der Waals surface area contributed by atoms with Crippen LogP contribution in [0, 0.1) is 0 Å². The molecule has 25 heavy (non-hydrogen) atoms. The van der Waals surface area contributed by atoms with Gasteiger partial charge in [0.25, 0.3) is 0 Å². The first-order valence-electron chi connectivity index (χ1n) is 9.18. The molecule has 3 heterocycles. The minimum absolute atomic E-state index is 0.152. The molecule has 0 aliphatic carbocycles. The minimum Gasteiger partial charge on any atom is -0.339 e. The smallest absolute Gasteiger partial charge is 0.339 e. The summed E-state index contributed by atoms with van der Waals surface area (Å²) in [6.07, 6.45) is 6.24. The summed E-state index contributed by atoms with van der Waals surface area (Å²) in [4.78, 5) is 22.5. The molecule has 1 aromatic carbocycles. The lowest BCUT2D eigenvalue weighted by Gasteiger charge is -2.32. The van der Waals surface area contributed by atoms with Gasteiger partial charge in [-0.2, -0.15) is 4.98 Å². The van der Waals surface area contributed by atoms with E-state index in [-0.39, 0.29) is 11.7 Å². The van der Waals surface area contributed by atoms with Crippen LogP contribution >= 0.6 is 0 Å². The summed E-state index contributed by atoms with van der Waals surface area (Å²) in [5, 5.41) is 2.15. The van der Waals surface area contributed by atoms with Crippen molar-refractivity contribution in [1.82, 2.24) is 19.4 Å². The van der Waals surface area contributed by atoms with Gasteiger partial charge < -0.3 is 15.6 Å². The molecule has 1 aliphatic heterocycles. The van der Waals surface area contributed by atoms with Gasteiger partial charge in [0.2, 0.25) is 0 Å². The number of hydrogen-bond donors (Lipinski definition) is 2. The molecular weight excluding hydrogens is 314 g/mol. The highest BCUT2D eigenvalue weighted by Crippen LogP contribution is 2.26. The highest BCUT2D eigenvalue weighted by molar-refractivity contribution is 6.05. The summed E-state index contributed by atoms with van der Waals surface area (Å²) in [7, 11) is 0. The largest absolute Gasteiger partial charge is 0.349 e. The number of H-pyrrole nitrogens is 1. The average molecular weight is 339 g/mol. The fourth-order valence-electron chi connectivity index (χ4n) is 3.88. The van der Waals surface area contributed by atoms with Gasteiger partial charge in [0.1, 0.15) is 5.65 Å². The van der Waals surface area contributed by atoms with E-state index in [1.54, 1.807) is 0 Å². The molecule has 4 rings (SSSR count). The van der Waals surface area contributed by atoms with Gasteiger partial charge in [0.15, 0.2) is 0 Å². The van der Waals surface area contributed by atoms with Crippen molar-refractivity contribution in [2.45, 2.75) is 31.7 Å². The first kappa shape index (κ1) is 16.3. The third-order valence-electron chi connectivity index (χ3n) is 5.30. The molecule has 0 spiro atoms. The molecule has 0 bridgehead atoms. The molecule has 6 heteroatoms. The maximum Gasteiger partial charge on any atom is 0.349 e. The number of rotatable bonds is 5. The quantitative estimate of drug-likeness (QED) is 0.699. The molecule has 0 amide bonds. The molecule has 0 saturated carbocycles. The zero-order chi connectivity index (χ0) is 17.2. The van der Waals surface area contributed by atoms with Crippen molar-refractivity contribution in [3.63, 3.8) is 0 Å². The number of aromatic nitrogens is 3. The van der Waals surface area contributed by atoms with Crippen LogP contribution in [0.3, 0.4) is 0 Å². The van der Waals surface area contributed by atoms with Crippen LogP contribution in [0.5, 0.6) is 0 Å². The fourth-order valence-corrected chi connectivity index (χ4v) is 3.88. The SMILES string of the molecule is NCCCCN1CCC(n2cc3c(nc2=O)[nH]c2ccccc23)CC1. The highest BCUT2D eigenvalue weighted by atomic mass is 16.1. The summed E-state index contributed by atoms with van der Waals surface area (Å²) < 4.78 is 1.85. The second kappa shape index (κ2) is 6.98. The van der Waals surface area contributed by atoms with Crippen LogP contribution in [0.15, 0.2) is 35.3 Å². The van der Waals surface area contributed by atoms with E-state index in [1.807, 2.05) is 29.0 Å². The first-order chi connectivity index (χ1) is 12.3. The zero-order valence-electron chi connectivity index (χ0n) is 14.4. The third-order valence-corrected chi connectivity index (χ3v) is 5.30. The summed E-state index contributed by atoms with van der Waals surface area (Å²) in [6, 6.07) is 8.34. The number of nitrogens with two attached hydrogens (primary N) is 1. The van der Waals surface area contributed by atoms with Gasteiger partial charge in [-0.3, -0.25) is 4.57 Å². The monoisotopic (exact) mass is 339 g/mol. The molecule has 2 aromatic heterocycles. The number of fused-ring (bicyclic) bond motifs is 3. The van der Waals surface area contributed by atoms with E-state index in [2.05, 4.69) is 20.9 Å². The Balaban J connectivity index is 1.56.